The minimum atomic E-state index is -0.684. The standard InChI is InChI=1S/C13H17FN2O3/c14-10-1-3-12(4-2-10)19-9-11(17)7-16-6-5-15-13(18)8-16/h1-4,11,17H,5-9H2,(H,15,18)/t11-/m1/s1. The number of halogens is 1. The van der Waals surface area contributed by atoms with Crippen molar-refractivity contribution in [2.24, 2.45) is 0 Å². The van der Waals surface area contributed by atoms with Gasteiger partial charge in [-0.2, -0.15) is 0 Å². The average molecular weight is 268 g/mol. The predicted octanol–water partition coefficient (Wildman–Crippen LogP) is -0.00280. The maximum Gasteiger partial charge on any atom is 0.234 e. The van der Waals surface area contributed by atoms with Crippen LogP contribution >= 0.6 is 0 Å². The summed E-state index contributed by atoms with van der Waals surface area (Å²) in [6, 6.07) is 5.63. The van der Waals surface area contributed by atoms with Gasteiger partial charge in [0.15, 0.2) is 0 Å². The molecular formula is C13H17FN2O3. The maximum atomic E-state index is 12.7. The largest absolute Gasteiger partial charge is 0.491 e. The van der Waals surface area contributed by atoms with Crippen molar-refractivity contribution >= 4 is 5.91 Å². The Bertz CT molecular complexity index is 424. The zero-order valence-electron chi connectivity index (χ0n) is 10.5. The summed E-state index contributed by atoms with van der Waals surface area (Å²) in [5.41, 5.74) is 0. The molecule has 0 saturated carbocycles. The number of carbonyl (C=O) groups excluding carboxylic acids is 1. The monoisotopic (exact) mass is 268 g/mol. The van der Waals surface area contributed by atoms with Crippen molar-refractivity contribution in [1.29, 1.82) is 0 Å². The highest BCUT2D eigenvalue weighted by atomic mass is 19.1. The van der Waals surface area contributed by atoms with Crippen LogP contribution in [0.5, 0.6) is 5.75 Å². The number of hydrogen-bond acceptors (Lipinski definition) is 4. The molecule has 0 bridgehead atoms. The summed E-state index contributed by atoms with van der Waals surface area (Å²) in [6.07, 6.45) is -0.684. The number of amides is 1. The summed E-state index contributed by atoms with van der Waals surface area (Å²) in [6.45, 7) is 2.12. The van der Waals surface area contributed by atoms with Gasteiger partial charge in [0, 0.05) is 19.6 Å². The summed E-state index contributed by atoms with van der Waals surface area (Å²) >= 11 is 0. The topological polar surface area (TPSA) is 61.8 Å². The average Bonchev–Trinajstić information content (AvgIpc) is 2.38. The second-order valence-corrected chi connectivity index (χ2v) is 4.50. The molecule has 0 radical (unpaired) electrons. The second-order valence-electron chi connectivity index (χ2n) is 4.50. The van der Waals surface area contributed by atoms with Crippen molar-refractivity contribution in [3.63, 3.8) is 0 Å². The number of β-amino-alcohol motifs (C(OH)–C–C–N with tert-alkyl or cyclic N) is 1. The minimum absolute atomic E-state index is 0.0297. The van der Waals surface area contributed by atoms with Crippen molar-refractivity contribution in [2.45, 2.75) is 6.10 Å². The van der Waals surface area contributed by atoms with E-state index in [2.05, 4.69) is 5.32 Å². The van der Waals surface area contributed by atoms with Gasteiger partial charge >= 0.3 is 0 Å². The number of hydrogen-bond donors (Lipinski definition) is 2. The van der Waals surface area contributed by atoms with E-state index in [1.165, 1.54) is 24.3 Å². The van der Waals surface area contributed by atoms with Crippen LogP contribution in [-0.2, 0) is 4.79 Å². The van der Waals surface area contributed by atoms with Crippen LogP contribution in [0.3, 0.4) is 0 Å². The minimum Gasteiger partial charge on any atom is -0.491 e. The fourth-order valence-corrected chi connectivity index (χ4v) is 1.92. The third-order valence-electron chi connectivity index (χ3n) is 2.84. The Morgan fingerprint density at radius 2 is 2.16 bits per heavy atom. The molecule has 2 rings (SSSR count). The molecule has 6 heteroatoms. The number of rotatable bonds is 5. The van der Waals surface area contributed by atoms with Gasteiger partial charge in [-0.05, 0) is 24.3 Å². The van der Waals surface area contributed by atoms with Crippen LogP contribution in [-0.4, -0.2) is 54.8 Å². The first kappa shape index (κ1) is 13.8. The summed E-state index contributed by atoms with van der Waals surface area (Å²) in [7, 11) is 0. The molecule has 0 spiro atoms. The zero-order valence-corrected chi connectivity index (χ0v) is 10.5. The number of ether oxygens (including phenoxy) is 1. The Balaban J connectivity index is 1.73. The lowest BCUT2D eigenvalue weighted by molar-refractivity contribution is -0.124. The smallest absolute Gasteiger partial charge is 0.234 e. The molecule has 0 aromatic heterocycles. The SMILES string of the molecule is O=C1CN(C[C@@H](O)COc2ccc(F)cc2)CCN1. The Labute approximate surface area is 111 Å². The first-order valence-corrected chi connectivity index (χ1v) is 6.19. The highest BCUT2D eigenvalue weighted by Gasteiger charge is 2.19. The van der Waals surface area contributed by atoms with Gasteiger partial charge < -0.3 is 15.2 Å². The van der Waals surface area contributed by atoms with Gasteiger partial charge in [-0.15, -0.1) is 0 Å². The van der Waals surface area contributed by atoms with Crippen LogP contribution in [0, 0.1) is 5.82 Å². The molecule has 1 fully saturated rings. The Hall–Kier alpha value is -1.66. The summed E-state index contributed by atoms with van der Waals surface area (Å²) in [5, 5.41) is 12.6. The van der Waals surface area contributed by atoms with Crippen LogP contribution in [0.15, 0.2) is 24.3 Å². The van der Waals surface area contributed by atoms with E-state index in [1.54, 1.807) is 0 Å². The fourth-order valence-electron chi connectivity index (χ4n) is 1.92. The second kappa shape index (κ2) is 6.49. The number of aliphatic hydroxyl groups is 1. The van der Waals surface area contributed by atoms with Crippen molar-refractivity contribution < 1.29 is 19.0 Å². The third-order valence-corrected chi connectivity index (χ3v) is 2.84. The molecule has 5 nitrogen and oxygen atoms in total. The van der Waals surface area contributed by atoms with Crippen LogP contribution in [0.25, 0.3) is 0 Å². The van der Waals surface area contributed by atoms with E-state index in [-0.39, 0.29) is 18.3 Å². The highest BCUT2D eigenvalue weighted by Crippen LogP contribution is 2.11. The Kier molecular flexibility index (Phi) is 4.70. The quantitative estimate of drug-likeness (QED) is 0.789. The van der Waals surface area contributed by atoms with Gasteiger partial charge in [0.2, 0.25) is 5.91 Å². The molecule has 104 valence electrons. The number of nitrogens with zero attached hydrogens (tertiary/aromatic N) is 1. The van der Waals surface area contributed by atoms with Crippen LogP contribution < -0.4 is 10.1 Å². The van der Waals surface area contributed by atoms with Crippen molar-refractivity contribution in [3.05, 3.63) is 30.1 Å². The molecule has 1 aromatic rings. The van der Waals surface area contributed by atoms with Gasteiger partial charge in [0.1, 0.15) is 24.3 Å². The lowest BCUT2D eigenvalue weighted by Gasteiger charge is -2.28. The number of carbonyl (C=O) groups is 1. The van der Waals surface area contributed by atoms with Crippen LogP contribution in [0.2, 0.25) is 0 Å². The molecule has 2 N–H and O–H groups in total. The molecular weight excluding hydrogens is 251 g/mol. The van der Waals surface area contributed by atoms with Gasteiger partial charge in [-0.25, -0.2) is 4.39 Å². The number of benzene rings is 1. The molecule has 1 aliphatic rings. The summed E-state index contributed by atoms with van der Waals surface area (Å²) in [4.78, 5) is 13.0. The zero-order chi connectivity index (χ0) is 13.7. The van der Waals surface area contributed by atoms with Crippen LogP contribution in [0.1, 0.15) is 0 Å². The lowest BCUT2D eigenvalue weighted by Crippen LogP contribution is -2.50. The molecule has 1 saturated heterocycles. The lowest BCUT2D eigenvalue weighted by atomic mass is 10.3. The van der Waals surface area contributed by atoms with Crippen LogP contribution in [0.4, 0.5) is 4.39 Å². The maximum absolute atomic E-state index is 12.7. The summed E-state index contributed by atoms with van der Waals surface area (Å²) < 4.78 is 18.0. The molecule has 1 heterocycles. The van der Waals surface area contributed by atoms with E-state index in [1.807, 2.05) is 4.90 Å². The predicted molar refractivity (Wildman–Crippen MR) is 67.4 cm³/mol. The molecule has 19 heavy (non-hydrogen) atoms. The molecule has 0 aliphatic carbocycles. The Morgan fingerprint density at radius 3 is 2.84 bits per heavy atom. The number of aliphatic hydroxyl groups excluding tert-OH is 1. The van der Waals surface area contributed by atoms with E-state index in [0.29, 0.717) is 25.4 Å². The fraction of sp³-hybridized carbons (Fsp3) is 0.462. The van der Waals surface area contributed by atoms with Crippen molar-refractivity contribution in [1.82, 2.24) is 10.2 Å². The molecule has 1 atom stereocenters. The van der Waals surface area contributed by atoms with Gasteiger partial charge in [0.05, 0.1) is 6.54 Å². The molecule has 1 amide bonds. The van der Waals surface area contributed by atoms with Gasteiger partial charge in [-0.1, -0.05) is 0 Å². The van der Waals surface area contributed by atoms with Crippen molar-refractivity contribution in [2.75, 3.05) is 32.8 Å². The third kappa shape index (κ3) is 4.50. The molecule has 1 aromatic carbocycles. The number of nitrogens with one attached hydrogen (secondary N) is 1. The van der Waals surface area contributed by atoms with E-state index in [9.17, 15) is 14.3 Å². The van der Waals surface area contributed by atoms with E-state index >= 15 is 0 Å². The first-order valence-electron chi connectivity index (χ1n) is 6.19. The molecule has 1 aliphatic heterocycles. The number of piperazine rings is 1. The van der Waals surface area contributed by atoms with Gasteiger partial charge in [0.25, 0.3) is 0 Å². The van der Waals surface area contributed by atoms with E-state index in [0.717, 1.165) is 6.54 Å². The van der Waals surface area contributed by atoms with E-state index in [4.69, 9.17) is 4.74 Å². The molecule has 0 unspecified atom stereocenters. The highest BCUT2D eigenvalue weighted by molar-refractivity contribution is 5.78. The van der Waals surface area contributed by atoms with E-state index < -0.39 is 6.10 Å². The first-order chi connectivity index (χ1) is 9.13. The van der Waals surface area contributed by atoms with Gasteiger partial charge in [-0.3, -0.25) is 9.69 Å². The van der Waals surface area contributed by atoms with Crippen molar-refractivity contribution in [3.8, 4) is 5.75 Å². The normalized spacial score (nSPS) is 17.9. The Morgan fingerprint density at radius 1 is 1.42 bits per heavy atom. The summed E-state index contributed by atoms with van der Waals surface area (Å²) in [5.74, 6) is 0.155.